The first kappa shape index (κ1) is 17.1. The molecule has 3 N–H and O–H groups in total. The van der Waals surface area contributed by atoms with Crippen LogP contribution in [0.2, 0.25) is 0 Å². The molecule has 0 unspecified atom stereocenters. The van der Waals surface area contributed by atoms with E-state index in [0.717, 1.165) is 0 Å². The third-order valence-corrected chi connectivity index (χ3v) is 3.41. The van der Waals surface area contributed by atoms with E-state index >= 15 is 0 Å². The van der Waals surface area contributed by atoms with Crippen molar-refractivity contribution in [2.45, 2.75) is 30.7 Å². The van der Waals surface area contributed by atoms with Crippen molar-refractivity contribution in [3.05, 3.63) is 30.3 Å². The summed E-state index contributed by atoms with van der Waals surface area (Å²) in [6.45, 7) is -0.458. The predicted molar refractivity (Wildman–Crippen MR) is 79.3 cm³/mol. The molecule has 5 atom stereocenters. The second-order valence-corrected chi connectivity index (χ2v) is 5.02. The van der Waals surface area contributed by atoms with Crippen molar-refractivity contribution in [2.75, 3.05) is 13.7 Å². The van der Waals surface area contributed by atoms with Gasteiger partial charge in [0.2, 0.25) is 0 Å². The zero-order valence-electron chi connectivity index (χ0n) is 11.9. The molecule has 0 radical (unpaired) electrons. The van der Waals surface area contributed by atoms with Crippen molar-refractivity contribution >= 4 is 17.5 Å². The van der Waals surface area contributed by atoms with Crippen LogP contribution in [0.25, 0.3) is 0 Å². The van der Waals surface area contributed by atoms with Gasteiger partial charge in [-0.05, 0) is 12.1 Å². The highest BCUT2D eigenvalue weighted by Gasteiger charge is 2.46. The van der Waals surface area contributed by atoms with E-state index in [4.69, 9.17) is 31.2 Å². The maximum Gasteiger partial charge on any atom is 0.358 e. The highest BCUT2D eigenvalue weighted by atomic mass is 32.1. The Balaban J connectivity index is 2.03. The number of hydrogen-bond donors (Lipinski definition) is 3. The molecule has 1 aromatic carbocycles. The first-order chi connectivity index (χ1) is 10.6. The molecule has 8 heteroatoms. The molecule has 1 saturated heterocycles. The van der Waals surface area contributed by atoms with Crippen LogP contribution in [0.15, 0.2) is 30.3 Å². The highest BCUT2D eigenvalue weighted by Crippen LogP contribution is 2.24. The van der Waals surface area contributed by atoms with E-state index < -0.39 is 37.3 Å². The van der Waals surface area contributed by atoms with Crippen LogP contribution in [0.4, 0.5) is 0 Å². The van der Waals surface area contributed by atoms with Gasteiger partial charge in [-0.1, -0.05) is 18.2 Å². The van der Waals surface area contributed by atoms with Crippen LogP contribution in [0.3, 0.4) is 0 Å². The van der Waals surface area contributed by atoms with Crippen molar-refractivity contribution in [2.24, 2.45) is 0 Å². The van der Waals surface area contributed by atoms with Crippen LogP contribution in [0.1, 0.15) is 0 Å². The van der Waals surface area contributed by atoms with E-state index in [1.54, 1.807) is 24.3 Å². The Labute approximate surface area is 133 Å². The molecule has 2 rings (SSSR count). The van der Waals surface area contributed by atoms with Crippen molar-refractivity contribution in [3.63, 3.8) is 0 Å². The van der Waals surface area contributed by atoms with Crippen molar-refractivity contribution < 1.29 is 34.3 Å². The maximum atomic E-state index is 10.1. The van der Waals surface area contributed by atoms with Gasteiger partial charge in [0.1, 0.15) is 24.1 Å². The quantitative estimate of drug-likeness (QED) is 0.654. The van der Waals surface area contributed by atoms with Gasteiger partial charge in [0.25, 0.3) is 0 Å². The van der Waals surface area contributed by atoms with Crippen LogP contribution in [0, 0.1) is 0 Å². The molecular weight excluding hydrogens is 312 g/mol. The van der Waals surface area contributed by atoms with Gasteiger partial charge in [0.15, 0.2) is 12.4 Å². The predicted octanol–water partition coefficient (Wildman–Crippen LogP) is -0.179. The van der Waals surface area contributed by atoms with Crippen LogP contribution < -0.4 is 4.74 Å². The molecule has 0 amide bonds. The van der Waals surface area contributed by atoms with Gasteiger partial charge in [-0.25, -0.2) is 0 Å². The van der Waals surface area contributed by atoms with E-state index in [-0.39, 0.29) is 5.24 Å². The average molecular weight is 330 g/mol. The molecular formula is C14H18O7S. The summed E-state index contributed by atoms with van der Waals surface area (Å²) in [5, 5.41) is 29.1. The molecule has 0 bridgehead atoms. The Kier molecular flexibility index (Phi) is 6.07. The maximum absolute atomic E-state index is 10.1. The van der Waals surface area contributed by atoms with Crippen LogP contribution in [0.5, 0.6) is 5.75 Å². The lowest BCUT2D eigenvalue weighted by molar-refractivity contribution is -0.292. The summed E-state index contributed by atoms with van der Waals surface area (Å²) in [5.74, 6) is 0.463. The summed E-state index contributed by atoms with van der Waals surface area (Å²) in [5.41, 5.74) is 0. The van der Waals surface area contributed by atoms with Crippen LogP contribution in [-0.2, 0) is 14.2 Å². The molecule has 0 aliphatic carbocycles. The molecule has 0 spiro atoms. The molecule has 22 heavy (non-hydrogen) atoms. The monoisotopic (exact) mass is 330 g/mol. The number of benzene rings is 1. The first-order valence-corrected chi connectivity index (χ1v) is 7.06. The number of thiocarbonyl (C=S) groups is 1. The number of aliphatic hydroxyl groups is 3. The lowest BCUT2D eigenvalue weighted by atomic mass is 9.99. The molecule has 1 fully saturated rings. The number of aliphatic hydroxyl groups excluding tert-OH is 3. The molecule has 7 nitrogen and oxygen atoms in total. The molecule has 0 aromatic heterocycles. The topological polar surface area (TPSA) is 97.6 Å². The fourth-order valence-corrected chi connectivity index (χ4v) is 2.31. The SMILES string of the molecule is CO[C@H]1O[C@H](CO)[C@H](O)[C@H](OC(=S)Oc2ccccc2)[C@H]1O. The first-order valence-electron chi connectivity index (χ1n) is 6.65. The van der Waals surface area contributed by atoms with Crippen molar-refractivity contribution in [3.8, 4) is 5.75 Å². The number of ether oxygens (including phenoxy) is 4. The van der Waals surface area contributed by atoms with Gasteiger partial charge in [-0.2, -0.15) is 0 Å². The Morgan fingerprint density at radius 3 is 2.50 bits per heavy atom. The molecule has 1 aliphatic heterocycles. The number of rotatable bonds is 4. The zero-order chi connectivity index (χ0) is 16.1. The Hall–Kier alpha value is -1.29. The molecule has 1 aliphatic rings. The summed E-state index contributed by atoms with van der Waals surface area (Å²) in [7, 11) is 1.33. The molecule has 1 heterocycles. The van der Waals surface area contributed by atoms with Gasteiger partial charge in [-0.15, -0.1) is 0 Å². The standard InChI is InChI=1S/C14H18O7S/c1-18-13-11(17)12(10(16)9(7-15)20-13)21-14(22)19-8-5-3-2-4-6-8/h2-6,9-13,15-17H,7H2,1H3/t9-,10+,11-,12+,13+/m1/s1. The highest BCUT2D eigenvalue weighted by molar-refractivity contribution is 7.79. The fraction of sp³-hybridized carbons (Fsp3) is 0.500. The summed E-state index contributed by atoms with van der Waals surface area (Å²) >= 11 is 4.96. The number of methoxy groups -OCH3 is 1. The van der Waals surface area contributed by atoms with E-state index in [2.05, 4.69) is 0 Å². The van der Waals surface area contributed by atoms with Gasteiger partial charge < -0.3 is 34.3 Å². The Bertz CT molecular complexity index is 467. The summed E-state index contributed by atoms with van der Waals surface area (Å²) < 4.78 is 20.8. The lowest BCUT2D eigenvalue weighted by Gasteiger charge is -2.40. The van der Waals surface area contributed by atoms with E-state index in [0.29, 0.717) is 5.75 Å². The summed E-state index contributed by atoms with van der Waals surface area (Å²) in [4.78, 5) is 0. The lowest BCUT2D eigenvalue weighted by Crippen LogP contribution is -2.60. The molecule has 0 saturated carbocycles. The molecule has 1 aromatic rings. The molecule has 122 valence electrons. The van der Waals surface area contributed by atoms with Gasteiger partial charge in [0.05, 0.1) is 6.61 Å². The summed E-state index contributed by atoms with van der Waals surface area (Å²) in [6.07, 6.45) is -5.74. The Morgan fingerprint density at radius 1 is 1.23 bits per heavy atom. The summed E-state index contributed by atoms with van der Waals surface area (Å²) in [6, 6.07) is 8.71. The fourth-order valence-electron chi connectivity index (χ4n) is 2.11. The second kappa shape index (κ2) is 7.82. The van der Waals surface area contributed by atoms with E-state index in [1.165, 1.54) is 7.11 Å². The zero-order valence-corrected chi connectivity index (χ0v) is 12.7. The second-order valence-electron chi connectivity index (χ2n) is 4.69. The van der Waals surface area contributed by atoms with Crippen molar-refractivity contribution in [1.82, 2.24) is 0 Å². The largest absolute Gasteiger partial charge is 0.447 e. The van der Waals surface area contributed by atoms with E-state index in [1.807, 2.05) is 6.07 Å². The van der Waals surface area contributed by atoms with Gasteiger partial charge in [0, 0.05) is 19.3 Å². The third-order valence-electron chi connectivity index (χ3n) is 3.23. The van der Waals surface area contributed by atoms with E-state index in [9.17, 15) is 15.3 Å². The van der Waals surface area contributed by atoms with Gasteiger partial charge >= 0.3 is 5.24 Å². The van der Waals surface area contributed by atoms with Gasteiger partial charge in [-0.3, -0.25) is 0 Å². The minimum Gasteiger partial charge on any atom is -0.447 e. The van der Waals surface area contributed by atoms with Crippen molar-refractivity contribution in [1.29, 1.82) is 0 Å². The number of para-hydroxylation sites is 1. The Morgan fingerprint density at radius 2 is 1.91 bits per heavy atom. The smallest absolute Gasteiger partial charge is 0.358 e. The number of hydrogen-bond acceptors (Lipinski definition) is 8. The minimum absolute atomic E-state index is 0.261. The normalized spacial score (nSPS) is 31.5. The minimum atomic E-state index is -1.29. The third kappa shape index (κ3) is 3.92. The van der Waals surface area contributed by atoms with Crippen LogP contribution >= 0.6 is 12.2 Å². The average Bonchev–Trinajstić information content (AvgIpc) is 2.53. The van der Waals surface area contributed by atoms with Crippen LogP contribution in [-0.4, -0.2) is 65.0 Å².